The third-order valence-corrected chi connectivity index (χ3v) is 3.82. The average Bonchev–Trinajstić information content (AvgIpc) is 2.34. The Morgan fingerprint density at radius 3 is 2.19 bits per heavy atom. The summed E-state index contributed by atoms with van der Waals surface area (Å²) in [5.74, 6) is 1.26. The lowest BCUT2D eigenvalue weighted by atomic mass is 10.0. The molecule has 0 fully saturated rings. The first kappa shape index (κ1) is 13.6. The number of hydrogen-bond donors (Lipinski definition) is 2. The van der Waals surface area contributed by atoms with Crippen molar-refractivity contribution in [3.05, 3.63) is 29.8 Å². The highest BCUT2D eigenvalue weighted by atomic mass is 35.5. The van der Waals surface area contributed by atoms with E-state index in [1.54, 1.807) is 12.1 Å². The van der Waals surface area contributed by atoms with Crippen LogP contribution in [-0.4, -0.2) is 22.4 Å². The van der Waals surface area contributed by atoms with E-state index in [1.165, 1.54) is 0 Å². The molecule has 0 aliphatic rings. The average molecular weight is 262 g/mol. The molecule has 0 saturated heterocycles. The van der Waals surface area contributed by atoms with Crippen LogP contribution < -0.4 is 5.32 Å². The van der Waals surface area contributed by atoms with Crippen molar-refractivity contribution in [3.8, 4) is 5.75 Å². The van der Waals surface area contributed by atoms with E-state index in [-0.39, 0.29) is 11.3 Å². The Morgan fingerprint density at radius 1 is 1.19 bits per heavy atom. The van der Waals surface area contributed by atoms with Gasteiger partial charge in [-0.15, -0.1) is 23.2 Å². The highest BCUT2D eigenvalue weighted by molar-refractivity contribution is 6.22. The van der Waals surface area contributed by atoms with Gasteiger partial charge < -0.3 is 10.4 Å². The van der Waals surface area contributed by atoms with Crippen LogP contribution in [0.2, 0.25) is 0 Å². The molecule has 0 atom stereocenters. The fourth-order valence-corrected chi connectivity index (χ4v) is 2.20. The lowest BCUT2D eigenvalue weighted by molar-refractivity contribution is 0.384. The van der Waals surface area contributed by atoms with Gasteiger partial charge in [0.1, 0.15) is 5.75 Å². The fourth-order valence-electron chi connectivity index (χ4n) is 1.35. The predicted molar refractivity (Wildman–Crippen MR) is 69.4 cm³/mol. The van der Waals surface area contributed by atoms with Crippen molar-refractivity contribution >= 4 is 23.2 Å². The minimum Gasteiger partial charge on any atom is -0.508 e. The second-order valence-corrected chi connectivity index (χ2v) is 4.46. The molecule has 90 valence electrons. The Bertz CT molecular complexity index is 301. The molecule has 0 amide bonds. The van der Waals surface area contributed by atoms with Gasteiger partial charge in [-0.1, -0.05) is 19.1 Å². The Hall–Kier alpha value is -0.440. The van der Waals surface area contributed by atoms with Gasteiger partial charge in [-0.05, 0) is 24.1 Å². The largest absolute Gasteiger partial charge is 0.508 e. The molecule has 1 aromatic carbocycles. The zero-order valence-corrected chi connectivity index (χ0v) is 10.9. The smallest absolute Gasteiger partial charge is 0.115 e. The molecule has 0 aliphatic carbocycles. The van der Waals surface area contributed by atoms with Crippen molar-refractivity contribution in [3.63, 3.8) is 0 Å². The fraction of sp³-hybridized carbons (Fsp3) is 0.500. The number of rotatable bonds is 6. The molecule has 1 rings (SSSR count). The third kappa shape index (κ3) is 3.55. The van der Waals surface area contributed by atoms with Crippen LogP contribution in [-0.2, 0) is 6.54 Å². The summed E-state index contributed by atoms with van der Waals surface area (Å²) in [5.41, 5.74) is 0.895. The molecule has 0 aromatic heterocycles. The number of aromatic hydroxyl groups is 1. The minimum absolute atomic E-state index is 0.207. The molecule has 0 saturated carbocycles. The predicted octanol–water partition coefficient (Wildman–Crippen LogP) is 3.11. The van der Waals surface area contributed by atoms with Crippen molar-refractivity contribution in [1.29, 1.82) is 0 Å². The SMILES string of the molecule is CCC(CCl)(CCl)NCc1ccc(O)cc1. The van der Waals surface area contributed by atoms with E-state index in [0.29, 0.717) is 18.3 Å². The van der Waals surface area contributed by atoms with Crippen molar-refractivity contribution in [2.24, 2.45) is 0 Å². The minimum atomic E-state index is -0.207. The quantitative estimate of drug-likeness (QED) is 0.772. The molecule has 0 heterocycles. The number of hydrogen-bond acceptors (Lipinski definition) is 2. The first-order valence-electron chi connectivity index (χ1n) is 5.30. The normalized spacial score (nSPS) is 11.7. The lowest BCUT2D eigenvalue weighted by Crippen LogP contribution is -2.47. The van der Waals surface area contributed by atoms with Gasteiger partial charge in [-0.3, -0.25) is 0 Å². The molecule has 0 aliphatic heterocycles. The van der Waals surface area contributed by atoms with Gasteiger partial charge in [0, 0.05) is 23.8 Å². The monoisotopic (exact) mass is 261 g/mol. The summed E-state index contributed by atoms with van der Waals surface area (Å²) in [6, 6.07) is 7.11. The first-order valence-corrected chi connectivity index (χ1v) is 6.37. The van der Waals surface area contributed by atoms with Crippen LogP contribution in [0, 0.1) is 0 Å². The molecule has 2 nitrogen and oxygen atoms in total. The summed E-state index contributed by atoms with van der Waals surface area (Å²) in [7, 11) is 0. The van der Waals surface area contributed by atoms with E-state index in [0.717, 1.165) is 12.0 Å². The maximum atomic E-state index is 9.16. The van der Waals surface area contributed by atoms with E-state index in [1.807, 2.05) is 12.1 Å². The van der Waals surface area contributed by atoms with Crippen LogP contribution >= 0.6 is 23.2 Å². The van der Waals surface area contributed by atoms with Gasteiger partial charge in [-0.2, -0.15) is 0 Å². The Kier molecular flexibility index (Phi) is 5.39. The highest BCUT2D eigenvalue weighted by Gasteiger charge is 2.25. The summed E-state index contributed by atoms with van der Waals surface area (Å²) >= 11 is 11.9. The molecule has 0 spiro atoms. The van der Waals surface area contributed by atoms with Crippen molar-refractivity contribution in [1.82, 2.24) is 5.32 Å². The molecule has 1 aromatic rings. The van der Waals surface area contributed by atoms with E-state index < -0.39 is 0 Å². The molecule has 0 unspecified atom stereocenters. The summed E-state index contributed by atoms with van der Waals surface area (Å²) in [5, 5.41) is 12.5. The van der Waals surface area contributed by atoms with Crippen LogP contribution in [0.15, 0.2) is 24.3 Å². The van der Waals surface area contributed by atoms with Crippen LogP contribution in [0.4, 0.5) is 0 Å². The number of benzene rings is 1. The molecule has 16 heavy (non-hydrogen) atoms. The second-order valence-electron chi connectivity index (χ2n) is 3.92. The topological polar surface area (TPSA) is 32.3 Å². The molecule has 0 radical (unpaired) electrons. The highest BCUT2D eigenvalue weighted by Crippen LogP contribution is 2.16. The van der Waals surface area contributed by atoms with E-state index >= 15 is 0 Å². The van der Waals surface area contributed by atoms with Gasteiger partial charge in [0.2, 0.25) is 0 Å². The summed E-state index contributed by atoms with van der Waals surface area (Å²) in [6.07, 6.45) is 0.887. The molecule has 0 bridgehead atoms. The summed E-state index contributed by atoms with van der Waals surface area (Å²) < 4.78 is 0. The molecule has 2 N–H and O–H groups in total. The second kappa shape index (κ2) is 6.33. The van der Waals surface area contributed by atoms with Gasteiger partial charge in [0.25, 0.3) is 0 Å². The van der Waals surface area contributed by atoms with Crippen LogP contribution in [0.25, 0.3) is 0 Å². The Morgan fingerprint density at radius 2 is 1.75 bits per heavy atom. The van der Waals surface area contributed by atoms with Crippen LogP contribution in [0.1, 0.15) is 18.9 Å². The van der Waals surface area contributed by atoms with Gasteiger partial charge >= 0.3 is 0 Å². The number of halogens is 2. The molecular weight excluding hydrogens is 245 g/mol. The zero-order valence-electron chi connectivity index (χ0n) is 9.34. The van der Waals surface area contributed by atoms with E-state index in [4.69, 9.17) is 28.3 Å². The number of phenols is 1. The van der Waals surface area contributed by atoms with E-state index in [9.17, 15) is 0 Å². The molecule has 4 heteroatoms. The maximum absolute atomic E-state index is 9.16. The number of nitrogens with one attached hydrogen (secondary N) is 1. The van der Waals surface area contributed by atoms with Gasteiger partial charge in [0.15, 0.2) is 0 Å². The standard InChI is InChI=1S/C12H17Cl2NO/c1-2-12(8-13,9-14)15-7-10-3-5-11(16)6-4-10/h3-6,15-16H,2,7-9H2,1H3. The number of phenolic OH excluding ortho intramolecular Hbond substituents is 1. The van der Waals surface area contributed by atoms with Crippen molar-refractivity contribution in [2.75, 3.05) is 11.8 Å². The Balaban J connectivity index is 2.58. The van der Waals surface area contributed by atoms with Gasteiger partial charge in [0.05, 0.1) is 0 Å². The van der Waals surface area contributed by atoms with Gasteiger partial charge in [-0.25, -0.2) is 0 Å². The summed E-state index contributed by atoms with van der Waals surface area (Å²) in [4.78, 5) is 0. The summed E-state index contributed by atoms with van der Waals surface area (Å²) in [6.45, 7) is 2.77. The third-order valence-electron chi connectivity index (χ3n) is 2.79. The molecular formula is C12H17Cl2NO. The first-order chi connectivity index (χ1) is 7.65. The maximum Gasteiger partial charge on any atom is 0.115 e. The lowest BCUT2D eigenvalue weighted by Gasteiger charge is -2.29. The van der Waals surface area contributed by atoms with E-state index in [2.05, 4.69) is 12.2 Å². The zero-order chi connectivity index (χ0) is 12.0. The van der Waals surface area contributed by atoms with Crippen molar-refractivity contribution < 1.29 is 5.11 Å². The van der Waals surface area contributed by atoms with Crippen LogP contribution in [0.5, 0.6) is 5.75 Å². The number of alkyl halides is 2. The Labute approximate surface area is 107 Å². The van der Waals surface area contributed by atoms with Crippen LogP contribution in [0.3, 0.4) is 0 Å². The van der Waals surface area contributed by atoms with Crippen molar-refractivity contribution in [2.45, 2.75) is 25.4 Å².